The van der Waals surface area contributed by atoms with Crippen LogP contribution in [-0.4, -0.2) is 31.9 Å². The van der Waals surface area contributed by atoms with Gasteiger partial charge in [-0.25, -0.2) is 0 Å². The molecule has 0 spiro atoms. The van der Waals surface area contributed by atoms with Gasteiger partial charge < -0.3 is 14.2 Å². The van der Waals surface area contributed by atoms with Crippen molar-refractivity contribution in [2.24, 2.45) is 0 Å². The van der Waals surface area contributed by atoms with E-state index in [0.29, 0.717) is 19.0 Å². The molecule has 4 nitrogen and oxygen atoms in total. The number of halogens is 1. The number of ether oxygens (including phenoxy) is 3. The van der Waals surface area contributed by atoms with Crippen molar-refractivity contribution in [2.45, 2.75) is 32.8 Å². The number of carbonyl (C=O) groups is 1. The quantitative estimate of drug-likeness (QED) is 0.586. The van der Waals surface area contributed by atoms with Crippen molar-refractivity contribution in [2.75, 3.05) is 20.3 Å². The van der Waals surface area contributed by atoms with E-state index >= 15 is 0 Å². The van der Waals surface area contributed by atoms with Gasteiger partial charge in [-0.05, 0) is 54.4 Å². The Morgan fingerprint density at radius 1 is 1.25 bits per heavy atom. The highest BCUT2D eigenvalue weighted by molar-refractivity contribution is 9.10. The molecule has 0 aliphatic carbocycles. The van der Waals surface area contributed by atoms with Gasteiger partial charge >= 0.3 is 5.97 Å². The molecule has 1 aromatic carbocycles. The first-order valence-corrected chi connectivity index (χ1v) is 7.23. The van der Waals surface area contributed by atoms with Crippen LogP contribution in [0, 0.1) is 0 Å². The van der Waals surface area contributed by atoms with Crippen molar-refractivity contribution < 1.29 is 19.0 Å². The van der Waals surface area contributed by atoms with Crippen LogP contribution < -0.4 is 4.74 Å². The van der Waals surface area contributed by atoms with E-state index in [1.165, 1.54) is 7.11 Å². The molecule has 0 radical (unpaired) electrons. The van der Waals surface area contributed by atoms with Gasteiger partial charge in [0.2, 0.25) is 0 Å². The number of hydrogen-bond acceptors (Lipinski definition) is 4. The van der Waals surface area contributed by atoms with Crippen molar-refractivity contribution >= 4 is 21.9 Å². The molecule has 0 saturated heterocycles. The zero-order chi connectivity index (χ0) is 15.2. The van der Waals surface area contributed by atoms with Gasteiger partial charge in [-0.3, -0.25) is 4.79 Å². The van der Waals surface area contributed by atoms with Gasteiger partial charge in [-0.1, -0.05) is 6.07 Å². The van der Waals surface area contributed by atoms with E-state index in [-0.39, 0.29) is 18.0 Å². The first-order valence-electron chi connectivity index (χ1n) is 6.44. The minimum absolute atomic E-state index is 0.173. The predicted octanol–water partition coefficient (Wildman–Crippen LogP) is 3.36. The third-order valence-electron chi connectivity index (χ3n) is 2.45. The Labute approximate surface area is 128 Å². The Hall–Kier alpha value is -1.07. The summed E-state index contributed by atoms with van der Waals surface area (Å²) in [4.78, 5) is 11.3. The van der Waals surface area contributed by atoms with E-state index < -0.39 is 0 Å². The molecule has 1 aromatic rings. The van der Waals surface area contributed by atoms with E-state index in [1.807, 2.05) is 39.0 Å². The topological polar surface area (TPSA) is 44.8 Å². The molecule has 0 saturated carbocycles. The molecule has 112 valence electrons. The Morgan fingerprint density at radius 2 is 1.95 bits per heavy atom. The summed E-state index contributed by atoms with van der Waals surface area (Å²) in [6.45, 7) is 6.97. The van der Waals surface area contributed by atoms with E-state index in [1.54, 1.807) is 0 Å². The van der Waals surface area contributed by atoms with Crippen molar-refractivity contribution in [3.63, 3.8) is 0 Å². The standard InChI is InChI=1S/C15H21BrO4/c1-15(2,3)20-8-7-19-13-9-11(5-6-12(13)16)10-14(17)18-4/h5-6,9H,7-8,10H2,1-4H3. The lowest BCUT2D eigenvalue weighted by atomic mass is 10.1. The average molecular weight is 345 g/mol. The monoisotopic (exact) mass is 344 g/mol. The Bertz CT molecular complexity index is 452. The highest BCUT2D eigenvalue weighted by atomic mass is 79.9. The van der Waals surface area contributed by atoms with E-state index in [0.717, 1.165) is 10.0 Å². The summed E-state index contributed by atoms with van der Waals surface area (Å²) < 4.78 is 16.8. The Balaban J connectivity index is 2.56. The highest BCUT2D eigenvalue weighted by Gasteiger charge is 2.10. The van der Waals surface area contributed by atoms with Gasteiger partial charge in [-0.15, -0.1) is 0 Å². The van der Waals surface area contributed by atoms with Crippen molar-refractivity contribution in [1.29, 1.82) is 0 Å². The summed E-state index contributed by atoms with van der Waals surface area (Å²) in [5.74, 6) is 0.429. The fourth-order valence-electron chi connectivity index (χ4n) is 1.51. The van der Waals surface area contributed by atoms with Gasteiger partial charge in [0.25, 0.3) is 0 Å². The maximum atomic E-state index is 11.3. The van der Waals surface area contributed by atoms with Crippen LogP contribution in [0.5, 0.6) is 5.75 Å². The maximum absolute atomic E-state index is 11.3. The van der Waals surface area contributed by atoms with Gasteiger partial charge in [0.1, 0.15) is 12.4 Å². The van der Waals surface area contributed by atoms with Crippen LogP contribution in [0.3, 0.4) is 0 Å². The maximum Gasteiger partial charge on any atom is 0.309 e. The van der Waals surface area contributed by atoms with Crippen molar-refractivity contribution in [3.8, 4) is 5.75 Å². The minimum atomic E-state index is -0.269. The van der Waals surface area contributed by atoms with Crippen LogP contribution in [0.2, 0.25) is 0 Å². The number of benzene rings is 1. The Morgan fingerprint density at radius 3 is 2.55 bits per heavy atom. The SMILES string of the molecule is COC(=O)Cc1ccc(Br)c(OCCOC(C)(C)C)c1. The normalized spacial score (nSPS) is 11.2. The summed E-state index contributed by atoms with van der Waals surface area (Å²) in [5.41, 5.74) is 0.680. The molecule has 0 aliphatic heterocycles. The molecule has 0 aliphatic rings. The molecule has 0 fully saturated rings. The van der Waals surface area contributed by atoms with Crippen LogP contribution in [-0.2, 0) is 20.7 Å². The number of hydrogen-bond donors (Lipinski definition) is 0. The summed E-state index contributed by atoms with van der Waals surface area (Å²) >= 11 is 3.42. The molecule has 5 heteroatoms. The van der Waals surface area contributed by atoms with Crippen LogP contribution in [0.4, 0.5) is 0 Å². The number of rotatable bonds is 6. The highest BCUT2D eigenvalue weighted by Crippen LogP contribution is 2.26. The summed E-state index contributed by atoms with van der Waals surface area (Å²) in [6, 6.07) is 5.55. The fraction of sp³-hybridized carbons (Fsp3) is 0.533. The average Bonchev–Trinajstić information content (AvgIpc) is 2.36. The Kier molecular flexibility index (Phi) is 6.49. The number of carbonyl (C=O) groups excluding carboxylic acids is 1. The van der Waals surface area contributed by atoms with E-state index in [9.17, 15) is 4.79 Å². The van der Waals surface area contributed by atoms with Crippen molar-refractivity contribution in [3.05, 3.63) is 28.2 Å². The molecular weight excluding hydrogens is 324 g/mol. The van der Waals surface area contributed by atoms with Crippen LogP contribution >= 0.6 is 15.9 Å². The lowest BCUT2D eigenvalue weighted by molar-refractivity contribution is -0.139. The number of methoxy groups -OCH3 is 1. The second kappa shape index (κ2) is 7.64. The van der Waals surface area contributed by atoms with Gasteiger partial charge in [0, 0.05) is 0 Å². The van der Waals surface area contributed by atoms with Gasteiger partial charge in [0.05, 0.1) is 30.2 Å². The number of esters is 1. The molecule has 0 atom stereocenters. The van der Waals surface area contributed by atoms with Crippen molar-refractivity contribution in [1.82, 2.24) is 0 Å². The third-order valence-corrected chi connectivity index (χ3v) is 3.10. The largest absolute Gasteiger partial charge is 0.490 e. The summed E-state index contributed by atoms with van der Waals surface area (Å²) in [5, 5.41) is 0. The molecule has 0 amide bonds. The molecule has 0 N–H and O–H groups in total. The molecule has 20 heavy (non-hydrogen) atoms. The molecule has 1 rings (SSSR count). The lowest BCUT2D eigenvalue weighted by Gasteiger charge is -2.19. The zero-order valence-corrected chi connectivity index (χ0v) is 14.0. The molecule has 0 aromatic heterocycles. The second-order valence-corrected chi connectivity index (χ2v) is 6.18. The predicted molar refractivity (Wildman–Crippen MR) is 81.1 cm³/mol. The molecule has 0 heterocycles. The smallest absolute Gasteiger partial charge is 0.309 e. The molecule has 0 bridgehead atoms. The van der Waals surface area contributed by atoms with Crippen LogP contribution in [0.1, 0.15) is 26.3 Å². The first kappa shape index (κ1) is 17.0. The van der Waals surface area contributed by atoms with Gasteiger partial charge in [-0.2, -0.15) is 0 Å². The fourth-order valence-corrected chi connectivity index (χ4v) is 1.87. The van der Waals surface area contributed by atoms with Gasteiger partial charge in [0.15, 0.2) is 0 Å². The van der Waals surface area contributed by atoms with Crippen LogP contribution in [0.25, 0.3) is 0 Å². The minimum Gasteiger partial charge on any atom is -0.490 e. The lowest BCUT2D eigenvalue weighted by Crippen LogP contribution is -2.22. The first-order chi connectivity index (χ1) is 9.31. The van der Waals surface area contributed by atoms with Crippen LogP contribution in [0.15, 0.2) is 22.7 Å². The summed E-state index contributed by atoms with van der Waals surface area (Å²) in [7, 11) is 1.38. The second-order valence-electron chi connectivity index (χ2n) is 5.33. The third kappa shape index (κ3) is 6.39. The van der Waals surface area contributed by atoms with E-state index in [4.69, 9.17) is 9.47 Å². The zero-order valence-electron chi connectivity index (χ0n) is 12.4. The van der Waals surface area contributed by atoms with E-state index in [2.05, 4.69) is 20.7 Å². The molecule has 0 unspecified atom stereocenters. The summed E-state index contributed by atoms with van der Waals surface area (Å²) in [6.07, 6.45) is 0.235. The molecular formula is C15H21BrO4.